The third-order valence-corrected chi connectivity index (χ3v) is 4.26. The number of hydrogen-bond acceptors (Lipinski definition) is 2. The van der Waals surface area contributed by atoms with E-state index in [0.29, 0.717) is 25.7 Å². The second-order valence-electron chi connectivity index (χ2n) is 4.68. The van der Waals surface area contributed by atoms with Gasteiger partial charge < -0.3 is 0 Å². The number of carbonyl (C=O) groups is 2. The van der Waals surface area contributed by atoms with Crippen molar-refractivity contribution in [3.05, 3.63) is 34.3 Å². The van der Waals surface area contributed by atoms with E-state index >= 15 is 0 Å². The normalized spacial score (nSPS) is 19.1. The minimum absolute atomic E-state index is 0.173. The first kappa shape index (κ1) is 12.5. The molecule has 0 aliphatic heterocycles. The minimum Gasteiger partial charge on any atom is -0.300 e. The fourth-order valence-electron chi connectivity index (χ4n) is 2.57. The highest BCUT2D eigenvalue weighted by Gasteiger charge is 2.40. The number of rotatable bonds is 2. The van der Waals surface area contributed by atoms with Crippen LogP contribution in [0.1, 0.15) is 38.2 Å². The lowest BCUT2D eigenvalue weighted by atomic mass is 9.67. The van der Waals surface area contributed by atoms with E-state index in [9.17, 15) is 9.59 Å². The SMILES string of the molecule is CC(=O)C1(c2ccc(Br)cc2)CCC(=O)CC1. The first-order valence-electron chi connectivity index (χ1n) is 5.83. The van der Waals surface area contributed by atoms with E-state index in [0.717, 1.165) is 10.0 Å². The van der Waals surface area contributed by atoms with Crippen LogP contribution < -0.4 is 0 Å². The lowest BCUT2D eigenvalue weighted by Gasteiger charge is -2.35. The van der Waals surface area contributed by atoms with Crippen molar-refractivity contribution in [2.75, 3.05) is 0 Å². The van der Waals surface area contributed by atoms with Gasteiger partial charge in [-0.15, -0.1) is 0 Å². The molecule has 1 aromatic rings. The molecule has 0 unspecified atom stereocenters. The van der Waals surface area contributed by atoms with Gasteiger partial charge in [-0.1, -0.05) is 28.1 Å². The molecule has 0 heterocycles. The zero-order chi connectivity index (χ0) is 12.5. The van der Waals surface area contributed by atoms with Crippen LogP contribution in [0.25, 0.3) is 0 Å². The van der Waals surface area contributed by atoms with Gasteiger partial charge in [-0.2, -0.15) is 0 Å². The maximum Gasteiger partial charge on any atom is 0.140 e. The molecule has 17 heavy (non-hydrogen) atoms. The molecule has 3 heteroatoms. The second-order valence-corrected chi connectivity index (χ2v) is 5.60. The van der Waals surface area contributed by atoms with Crippen LogP contribution in [0.5, 0.6) is 0 Å². The van der Waals surface area contributed by atoms with Crippen molar-refractivity contribution in [1.82, 2.24) is 0 Å². The van der Waals surface area contributed by atoms with E-state index in [1.54, 1.807) is 6.92 Å². The molecule has 2 nitrogen and oxygen atoms in total. The van der Waals surface area contributed by atoms with Gasteiger partial charge in [0.25, 0.3) is 0 Å². The molecule has 1 saturated carbocycles. The number of hydrogen-bond donors (Lipinski definition) is 0. The van der Waals surface area contributed by atoms with Gasteiger partial charge in [0.15, 0.2) is 0 Å². The Labute approximate surface area is 110 Å². The Balaban J connectivity index is 2.38. The van der Waals surface area contributed by atoms with Gasteiger partial charge in [-0.25, -0.2) is 0 Å². The molecular formula is C14H15BrO2. The van der Waals surface area contributed by atoms with E-state index in [1.807, 2.05) is 24.3 Å². The van der Waals surface area contributed by atoms with Gasteiger partial charge >= 0.3 is 0 Å². The third-order valence-electron chi connectivity index (χ3n) is 3.73. The van der Waals surface area contributed by atoms with E-state index in [-0.39, 0.29) is 11.6 Å². The van der Waals surface area contributed by atoms with Crippen molar-refractivity contribution in [3.8, 4) is 0 Å². The summed E-state index contributed by atoms with van der Waals surface area (Å²) in [6.07, 6.45) is 2.36. The number of ketones is 2. The first-order valence-corrected chi connectivity index (χ1v) is 6.63. The van der Waals surface area contributed by atoms with Gasteiger partial charge in [-0.3, -0.25) is 9.59 Å². The number of carbonyl (C=O) groups excluding carboxylic acids is 2. The van der Waals surface area contributed by atoms with Crippen molar-refractivity contribution < 1.29 is 9.59 Å². The predicted molar refractivity (Wildman–Crippen MR) is 70.0 cm³/mol. The highest BCUT2D eigenvalue weighted by atomic mass is 79.9. The van der Waals surface area contributed by atoms with Gasteiger partial charge in [0.05, 0.1) is 5.41 Å². The summed E-state index contributed by atoms with van der Waals surface area (Å²) in [6.45, 7) is 1.64. The molecule has 1 fully saturated rings. The van der Waals surface area contributed by atoms with Crippen molar-refractivity contribution in [3.63, 3.8) is 0 Å². The lowest BCUT2D eigenvalue weighted by Crippen LogP contribution is -2.38. The molecule has 0 N–H and O–H groups in total. The summed E-state index contributed by atoms with van der Waals surface area (Å²) in [5.74, 6) is 0.450. The van der Waals surface area contributed by atoms with Crippen LogP contribution in [0.15, 0.2) is 28.7 Å². The molecule has 0 saturated heterocycles. The van der Waals surface area contributed by atoms with Gasteiger partial charge in [0.1, 0.15) is 11.6 Å². The molecule has 0 amide bonds. The Morgan fingerprint density at radius 3 is 2.18 bits per heavy atom. The Hall–Kier alpha value is -0.960. The van der Waals surface area contributed by atoms with Crippen molar-refractivity contribution in [2.24, 2.45) is 0 Å². The minimum atomic E-state index is -0.436. The van der Waals surface area contributed by atoms with Crippen molar-refractivity contribution in [2.45, 2.75) is 38.0 Å². The molecule has 0 radical (unpaired) electrons. The zero-order valence-electron chi connectivity index (χ0n) is 9.83. The topological polar surface area (TPSA) is 34.1 Å². The monoisotopic (exact) mass is 294 g/mol. The predicted octanol–water partition coefficient (Wildman–Crippen LogP) is 3.42. The second kappa shape index (κ2) is 4.73. The van der Waals surface area contributed by atoms with Crippen molar-refractivity contribution in [1.29, 1.82) is 0 Å². The third kappa shape index (κ3) is 2.34. The standard InChI is InChI=1S/C14H15BrO2/c1-10(16)14(8-6-13(17)7-9-14)11-2-4-12(15)5-3-11/h2-5H,6-9H2,1H3. The summed E-state index contributed by atoms with van der Waals surface area (Å²) >= 11 is 3.39. The molecule has 1 aromatic carbocycles. The Bertz CT molecular complexity index is 438. The summed E-state index contributed by atoms with van der Waals surface area (Å²) in [4.78, 5) is 23.3. The van der Waals surface area contributed by atoms with Crippen LogP contribution in [0, 0.1) is 0 Å². The van der Waals surface area contributed by atoms with Crippen LogP contribution in [0.3, 0.4) is 0 Å². The largest absolute Gasteiger partial charge is 0.300 e. The fraction of sp³-hybridized carbons (Fsp3) is 0.429. The highest BCUT2D eigenvalue weighted by Crippen LogP contribution is 2.39. The van der Waals surface area contributed by atoms with Gasteiger partial charge in [0.2, 0.25) is 0 Å². The van der Waals surface area contributed by atoms with E-state index in [4.69, 9.17) is 0 Å². The Kier molecular flexibility index (Phi) is 3.48. The maximum atomic E-state index is 12.0. The molecule has 0 bridgehead atoms. The van der Waals surface area contributed by atoms with Crippen LogP contribution in [0.4, 0.5) is 0 Å². The Morgan fingerprint density at radius 2 is 1.71 bits per heavy atom. The highest BCUT2D eigenvalue weighted by molar-refractivity contribution is 9.10. The zero-order valence-corrected chi connectivity index (χ0v) is 11.4. The summed E-state index contributed by atoms with van der Waals surface area (Å²) in [6, 6.07) is 7.88. The molecular weight excluding hydrogens is 280 g/mol. The number of benzene rings is 1. The van der Waals surface area contributed by atoms with Crippen LogP contribution in [-0.4, -0.2) is 11.6 Å². The Morgan fingerprint density at radius 1 is 1.18 bits per heavy atom. The molecule has 0 atom stereocenters. The molecule has 1 aliphatic rings. The van der Waals surface area contributed by atoms with Gasteiger partial charge in [0, 0.05) is 17.3 Å². The summed E-state index contributed by atoms with van der Waals surface area (Å²) < 4.78 is 1.01. The smallest absolute Gasteiger partial charge is 0.140 e. The quantitative estimate of drug-likeness (QED) is 0.837. The first-order chi connectivity index (χ1) is 8.04. The molecule has 90 valence electrons. The van der Waals surface area contributed by atoms with Gasteiger partial charge in [-0.05, 0) is 37.5 Å². The lowest BCUT2D eigenvalue weighted by molar-refractivity contribution is -0.127. The maximum absolute atomic E-state index is 12.0. The fourth-order valence-corrected chi connectivity index (χ4v) is 2.83. The molecule has 0 spiro atoms. The van der Waals surface area contributed by atoms with Crippen molar-refractivity contribution >= 4 is 27.5 Å². The molecule has 2 rings (SSSR count). The molecule has 0 aromatic heterocycles. The number of halogens is 1. The van der Waals surface area contributed by atoms with E-state index in [2.05, 4.69) is 15.9 Å². The average Bonchev–Trinajstić information content (AvgIpc) is 2.31. The average molecular weight is 295 g/mol. The van der Waals surface area contributed by atoms with E-state index < -0.39 is 5.41 Å². The summed E-state index contributed by atoms with van der Waals surface area (Å²) in [7, 11) is 0. The summed E-state index contributed by atoms with van der Waals surface area (Å²) in [5, 5.41) is 0. The molecule has 1 aliphatic carbocycles. The van der Waals surface area contributed by atoms with Crippen LogP contribution in [0.2, 0.25) is 0 Å². The van der Waals surface area contributed by atoms with E-state index in [1.165, 1.54) is 0 Å². The van der Waals surface area contributed by atoms with Crippen LogP contribution >= 0.6 is 15.9 Å². The number of Topliss-reactive ketones (excluding diaryl/α,β-unsaturated/α-hetero) is 2. The van der Waals surface area contributed by atoms with Crippen LogP contribution in [-0.2, 0) is 15.0 Å². The summed E-state index contributed by atoms with van der Waals surface area (Å²) in [5.41, 5.74) is 0.606.